The molecule has 4 heteroatoms. The molecular weight excluding hydrogens is 212 g/mol. The lowest BCUT2D eigenvalue weighted by atomic mass is 10.2. The number of aryl methyl sites for hydroxylation is 1. The molecule has 0 bridgehead atoms. The van der Waals surface area contributed by atoms with Crippen molar-refractivity contribution in [1.29, 1.82) is 0 Å². The lowest BCUT2D eigenvalue weighted by Gasteiger charge is -2.25. The minimum Gasteiger partial charge on any atom is -0.370 e. The van der Waals surface area contributed by atoms with Crippen LogP contribution in [0.1, 0.15) is 38.6 Å². The maximum Gasteiger partial charge on any atom is 0.137 e. The lowest BCUT2D eigenvalue weighted by molar-refractivity contribution is 0.735. The summed E-state index contributed by atoms with van der Waals surface area (Å²) >= 11 is 0. The molecule has 1 aromatic heterocycles. The number of rotatable bonds is 5. The van der Waals surface area contributed by atoms with E-state index in [9.17, 15) is 0 Å². The molecule has 4 nitrogen and oxygen atoms in total. The summed E-state index contributed by atoms with van der Waals surface area (Å²) in [6.07, 6.45) is 1.10. The van der Waals surface area contributed by atoms with Gasteiger partial charge in [-0.05, 0) is 34.1 Å². The van der Waals surface area contributed by atoms with Gasteiger partial charge in [-0.3, -0.25) is 0 Å². The summed E-state index contributed by atoms with van der Waals surface area (Å²) in [7, 11) is 2.07. The van der Waals surface area contributed by atoms with Crippen LogP contribution in [0.3, 0.4) is 0 Å². The van der Waals surface area contributed by atoms with Crippen LogP contribution in [0.25, 0.3) is 0 Å². The second kappa shape index (κ2) is 5.84. The van der Waals surface area contributed by atoms with Gasteiger partial charge in [0.1, 0.15) is 17.5 Å². The molecule has 0 amide bonds. The minimum atomic E-state index is 0.432. The number of anilines is 2. The van der Waals surface area contributed by atoms with Gasteiger partial charge in [-0.15, -0.1) is 0 Å². The fourth-order valence-electron chi connectivity index (χ4n) is 1.62. The molecule has 0 aromatic carbocycles. The van der Waals surface area contributed by atoms with Gasteiger partial charge in [0.15, 0.2) is 0 Å². The monoisotopic (exact) mass is 236 g/mol. The number of nitrogens with zero attached hydrogens (tertiary/aromatic N) is 3. The first kappa shape index (κ1) is 13.7. The lowest BCUT2D eigenvalue weighted by Crippen LogP contribution is -2.28. The Morgan fingerprint density at radius 1 is 1.24 bits per heavy atom. The van der Waals surface area contributed by atoms with Crippen molar-refractivity contribution in [1.82, 2.24) is 9.97 Å². The number of hydrogen-bond donors (Lipinski definition) is 1. The van der Waals surface area contributed by atoms with Crippen LogP contribution in [-0.2, 0) is 0 Å². The molecule has 1 heterocycles. The summed E-state index contributed by atoms with van der Waals surface area (Å²) < 4.78 is 0. The third-order valence-corrected chi connectivity index (χ3v) is 2.88. The molecular formula is C13H24N4. The van der Waals surface area contributed by atoms with Crippen molar-refractivity contribution in [2.24, 2.45) is 0 Å². The Morgan fingerprint density at radius 3 is 2.41 bits per heavy atom. The van der Waals surface area contributed by atoms with Crippen molar-refractivity contribution in [2.75, 3.05) is 23.8 Å². The third-order valence-electron chi connectivity index (χ3n) is 2.88. The highest BCUT2D eigenvalue weighted by molar-refractivity contribution is 5.58. The minimum absolute atomic E-state index is 0.432. The van der Waals surface area contributed by atoms with Crippen molar-refractivity contribution >= 4 is 11.6 Å². The van der Waals surface area contributed by atoms with Gasteiger partial charge < -0.3 is 10.2 Å². The second-order valence-electron chi connectivity index (χ2n) is 4.70. The maximum atomic E-state index is 4.54. The van der Waals surface area contributed by atoms with Crippen LogP contribution >= 0.6 is 0 Å². The van der Waals surface area contributed by atoms with Gasteiger partial charge in [0.25, 0.3) is 0 Å². The quantitative estimate of drug-likeness (QED) is 0.853. The molecule has 0 radical (unpaired) electrons. The van der Waals surface area contributed by atoms with Crippen LogP contribution in [0.5, 0.6) is 0 Å². The van der Waals surface area contributed by atoms with E-state index in [1.807, 2.05) is 6.92 Å². The van der Waals surface area contributed by atoms with Gasteiger partial charge in [0.2, 0.25) is 0 Å². The highest BCUT2D eigenvalue weighted by atomic mass is 15.2. The zero-order valence-corrected chi connectivity index (χ0v) is 11.8. The van der Waals surface area contributed by atoms with E-state index in [0.717, 1.165) is 36.0 Å². The molecule has 0 saturated heterocycles. The zero-order valence-electron chi connectivity index (χ0n) is 11.8. The molecule has 96 valence electrons. The molecule has 0 atom stereocenters. The molecule has 17 heavy (non-hydrogen) atoms. The van der Waals surface area contributed by atoms with Crippen molar-refractivity contribution < 1.29 is 0 Å². The Bertz CT molecular complexity index is 374. The molecule has 0 spiro atoms. The van der Waals surface area contributed by atoms with E-state index >= 15 is 0 Å². The molecule has 0 fully saturated rings. The molecule has 1 aromatic rings. The zero-order chi connectivity index (χ0) is 13.0. The van der Waals surface area contributed by atoms with E-state index in [0.29, 0.717) is 6.04 Å². The second-order valence-corrected chi connectivity index (χ2v) is 4.70. The summed E-state index contributed by atoms with van der Waals surface area (Å²) in [6, 6.07) is 0.432. The largest absolute Gasteiger partial charge is 0.370 e. The topological polar surface area (TPSA) is 41.1 Å². The Hall–Kier alpha value is -1.32. The van der Waals surface area contributed by atoms with Crippen LogP contribution in [0, 0.1) is 13.8 Å². The van der Waals surface area contributed by atoms with Crippen molar-refractivity contribution in [3.63, 3.8) is 0 Å². The van der Waals surface area contributed by atoms with E-state index in [2.05, 4.69) is 54.9 Å². The molecule has 0 aliphatic heterocycles. The van der Waals surface area contributed by atoms with Gasteiger partial charge >= 0.3 is 0 Å². The summed E-state index contributed by atoms with van der Waals surface area (Å²) in [5, 5.41) is 3.36. The molecule has 0 aliphatic rings. The fourth-order valence-corrected chi connectivity index (χ4v) is 1.62. The van der Waals surface area contributed by atoms with E-state index in [-0.39, 0.29) is 0 Å². The summed E-state index contributed by atoms with van der Waals surface area (Å²) in [5.41, 5.74) is 1.13. The van der Waals surface area contributed by atoms with Gasteiger partial charge in [-0.2, -0.15) is 0 Å². The number of nitrogens with one attached hydrogen (secondary N) is 1. The van der Waals surface area contributed by atoms with Crippen LogP contribution in [0.15, 0.2) is 0 Å². The standard InChI is InChI=1S/C13H24N4/c1-7-8-14-12-10(4)13(16-11(5)15-12)17(6)9(2)3/h9H,7-8H2,1-6H3,(H,14,15,16). The van der Waals surface area contributed by atoms with Gasteiger partial charge in [-0.25, -0.2) is 9.97 Å². The molecule has 0 aliphatic carbocycles. The molecule has 0 unspecified atom stereocenters. The predicted octanol–water partition coefficient (Wildman–Crippen LogP) is 2.76. The maximum absolute atomic E-state index is 4.54. The first-order valence-corrected chi connectivity index (χ1v) is 6.29. The average molecular weight is 236 g/mol. The van der Waals surface area contributed by atoms with Crippen LogP contribution < -0.4 is 10.2 Å². The molecule has 1 rings (SSSR count). The fraction of sp³-hybridized carbons (Fsp3) is 0.692. The smallest absolute Gasteiger partial charge is 0.137 e. The first-order valence-electron chi connectivity index (χ1n) is 6.29. The Labute approximate surface area is 104 Å². The van der Waals surface area contributed by atoms with Gasteiger partial charge in [0.05, 0.1) is 0 Å². The van der Waals surface area contributed by atoms with Gasteiger partial charge in [0, 0.05) is 25.2 Å². The first-order chi connectivity index (χ1) is 7.97. The van der Waals surface area contributed by atoms with Crippen LogP contribution in [0.4, 0.5) is 11.6 Å². The van der Waals surface area contributed by atoms with E-state index in [1.165, 1.54) is 0 Å². The third kappa shape index (κ3) is 3.32. The highest BCUT2D eigenvalue weighted by Crippen LogP contribution is 2.23. The Kier molecular flexibility index (Phi) is 4.73. The Morgan fingerprint density at radius 2 is 1.88 bits per heavy atom. The molecule has 1 N–H and O–H groups in total. The highest BCUT2D eigenvalue weighted by Gasteiger charge is 2.14. The Balaban J connectivity index is 3.09. The van der Waals surface area contributed by atoms with Crippen molar-refractivity contribution in [3.05, 3.63) is 11.4 Å². The number of aromatic nitrogens is 2. The molecule has 0 saturated carbocycles. The summed E-state index contributed by atoms with van der Waals surface area (Å²) in [4.78, 5) is 11.2. The average Bonchev–Trinajstić information content (AvgIpc) is 2.28. The van der Waals surface area contributed by atoms with Crippen molar-refractivity contribution in [3.8, 4) is 0 Å². The van der Waals surface area contributed by atoms with E-state index in [1.54, 1.807) is 0 Å². The summed E-state index contributed by atoms with van der Waals surface area (Å²) in [6.45, 7) is 11.4. The van der Waals surface area contributed by atoms with E-state index < -0.39 is 0 Å². The summed E-state index contributed by atoms with van der Waals surface area (Å²) in [5.74, 6) is 2.80. The predicted molar refractivity (Wildman–Crippen MR) is 73.8 cm³/mol. The van der Waals surface area contributed by atoms with Crippen LogP contribution in [0.2, 0.25) is 0 Å². The van der Waals surface area contributed by atoms with E-state index in [4.69, 9.17) is 0 Å². The SMILES string of the molecule is CCCNc1nc(C)nc(N(C)C(C)C)c1C. The number of hydrogen-bond acceptors (Lipinski definition) is 4. The van der Waals surface area contributed by atoms with Gasteiger partial charge in [-0.1, -0.05) is 6.92 Å². The van der Waals surface area contributed by atoms with Crippen molar-refractivity contribution in [2.45, 2.75) is 47.1 Å². The normalized spacial score (nSPS) is 10.8. The van der Waals surface area contributed by atoms with Crippen LogP contribution in [-0.4, -0.2) is 29.6 Å².